The van der Waals surface area contributed by atoms with Gasteiger partial charge in [-0.1, -0.05) is 0 Å². The van der Waals surface area contributed by atoms with Crippen molar-refractivity contribution in [1.29, 1.82) is 5.26 Å². The fraction of sp³-hybridized carbons (Fsp3) is 0.273. The molecular weight excluding hydrogens is 289 g/mol. The van der Waals surface area contributed by atoms with Crippen molar-refractivity contribution in [1.82, 2.24) is 0 Å². The molecule has 9 heteroatoms. The molecule has 108 valence electrons. The Kier molecular flexibility index (Phi) is 4.49. The molecule has 0 spiro atoms. The van der Waals surface area contributed by atoms with E-state index in [2.05, 4.69) is 4.74 Å². The Bertz CT molecular complexity index is 562. The Balaban J connectivity index is 3.45. The Morgan fingerprint density at radius 1 is 1.40 bits per heavy atom. The number of hydrogen-bond donors (Lipinski definition) is 1. The zero-order valence-electron chi connectivity index (χ0n) is 9.54. The lowest BCUT2D eigenvalue weighted by molar-refractivity contribution is -0.139. The van der Waals surface area contributed by atoms with Crippen molar-refractivity contribution in [2.24, 2.45) is 0 Å². The van der Waals surface area contributed by atoms with Crippen LogP contribution in [-0.2, 0) is 17.4 Å². The van der Waals surface area contributed by atoms with E-state index in [1.165, 1.54) is 6.07 Å². The van der Waals surface area contributed by atoms with Crippen molar-refractivity contribution in [3.63, 3.8) is 0 Å². The second kappa shape index (κ2) is 5.73. The standard InChI is InChI=1S/C11H6F5NO3/c12-10(13)20-8-2-6(4-17)7(11(14,15)16)1-5(8)3-9(18)19/h1-2,10H,3H2,(H,18,19). The van der Waals surface area contributed by atoms with Crippen molar-refractivity contribution in [2.75, 3.05) is 0 Å². The number of alkyl halides is 5. The fourth-order valence-electron chi connectivity index (χ4n) is 1.46. The maximum Gasteiger partial charge on any atom is 0.417 e. The van der Waals surface area contributed by atoms with E-state index >= 15 is 0 Å². The number of carbonyl (C=O) groups is 1. The third-order valence-corrected chi connectivity index (χ3v) is 2.18. The topological polar surface area (TPSA) is 70.3 Å². The molecule has 1 aromatic carbocycles. The number of halogens is 5. The first-order valence-corrected chi connectivity index (χ1v) is 4.96. The number of carboxylic acid groups (broad SMARTS) is 1. The second-order valence-electron chi connectivity index (χ2n) is 3.56. The van der Waals surface area contributed by atoms with E-state index in [1.54, 1.807) is 0 Å². The van der Waals surface area contributed by atoms with Gasteiger partial charge in [0, 0.05) is 5.56 Å². The van der Waals surface area contributed by atoms with E-state index in [0.29, 0.717) is 12.1 Å². The van der Waals surface area contributed by atoms with Crippen LogP contribution in [0.1, 0.15) is 16.7 Å². The van der Waals surface area contributed by atoms with E-state index in [1.807, 2.05) is 0 Å². The van der Waals surface area contributed by atoms with Crippen LogP contribution in [0, 0.1) is 11.3 Å². The van der Waals surface area contributed by atoms with E-state index in [0.717, 1.165) is 0 Å². The highest BCUT2D eigenvalue weighted by Gasteiger charge is 2.35. The summed E-state index contributed by atoms with van der Waals surface area (Å²) in [5.74, 6) is -2.30. The van der Waals surface area contributed by atoms with Gasteiger partial charge in [-0.25, -0.2) is 0 Å². The van der Waals surface area contributed by atoms with Crippen LogP contribution in [0.4, 0.5) is 22.0 Å². The summed E-state index contributed by atoms with van der Waals surface area (Å²) in [4.78, 5) is 10.5. The zero-order valence-corrected chi connectivity index (χ0v) is 9.54. The molecule has 0 saturated heterocycles. The minimum absolute atomic E-state index is 0.324. The van der Waals surface area contributed by atoms with Crippen LogP contribution in [0.15, 0.2) is 12.1 Å². The number of aliphatic carboxylic acids is 1. The molecule has 0 radical (unpaired) electrons. The summed E-state index contributed by atoms with van der Waals surface area (Å²) in [6.45, 7) is -3.36. The van der Waals surface area contributed by atoms with Gasteiger partial charge in [-0.2, -0.15) is 27.2 Å². The lowest BCUT2D eigenvalue weighted by Gasteiger charge is -2.14. The van der Waals surface area contributed by atoms with Crippen LogP contribution in [-0.4, -0.2) is 17.7 Å². The summed E-state index contributed by atoms with van der Waals surface area (Å²) in [6, 6.07) is 1.98. The van der Waals surface area contributed by atoms with Gasteiger partial charge in [0.05, 0.1) is 23.6 Å². The molecule has 0 heterocycles. The van der Waals surface area contributed by atoms with Crippen LogP contribution in [0.3, 0.4) is 0 Å². The third kappa shape index (κ3) is 3.81. The van der Waals surface area contributed by atoms with Gasteiger partial charge in [0.15, 0.2) is 0 Å². The lowest BCUT2D eigenvalue weighted by Crippen LogP contribution is -2.13. The van der Waals surface area contributed by atoms with Gasteiger partial charge in [0.25, 0.3) is 0 Å². The number of benzene rings is 1. The maximum absolute atomic E-state index is 12.7. The summed E-state index contributed by atoms with van der Waals surface area (Å²) in [5.41, 5.74) is -2.93. The van der Waals surface area contributed by atoms with E-state index in [-0.39, 0.29) is 0 Å². The van der Waals surface area contributed by atoms with Crippen molar-refractivity contribution >= 4 is 5.97 Å². The van der Waals surface area contributed by atoms with Crippen molar-refractivity contribution in [2.45, 2.75) is 19.2 Å². The Morgan fingerprint density at radius 3 is 2.40 bits per heavy atom. The molecule has 0 aliphatic carbocycles. The Labute approximate surface area is 109 Å². The van der Waals surface area contributed by atoms with Gasteiger partial charge >= 0.3 is 18.8 Å². The molecule has 0 aromatic heterocycles. The van der Waals surface area contributed by atoms with Crippen LogP contribution in [0.5, 0.6) is 5.75 Å². The third-order valence-electron chi connectivity index (χ3n) is 2.18. The molecule has 0 fully saturated rings. The maximum atomic E-state index is 12.7. The number of nitrogens with zero attached hydrogens (tertiary/aromatic N) is 1. The SMILES string of the molecule is N#Cc1cc(OC(F)F)c(CC(=O)O)cc1C(F)(F)F. The first-order valence-electron chi connectivity index (χ1n) is 4.96. The average Bonchev–Trinajstić information content (AvgIpc) is 2.28. The smallest absolute Gasteiger partial charge is 0.417 e. The normalized spacial score (nSPS) is 11.2. The minimum atomic E-state index is -4.92. The number of nitriles is 1. The second-order valence-corrected chi connectivity index (χ2v) is 3.56. The molecule has 0 aliphatic rings. The largest absolute Gasteiger partial charge is 0.481 e. The summed E-state index contributed by atoms with van der Waals surface area (Å²) >= 11 is 0. The summed E-state index contributed by atoms with van der Waals surface area (Å²) in [6.07, 6.45) is -5.86. The van der Waals surface area contributed by atoms with Gasteiger partial charge in [-0.3, -0.25) is 4.79 Å². The zero-order chi connectivity index (χ0) is 15.5. The van der Waals surface area contributed by atoms with E-state index < -0.39 is 47.6 Å². The van der Waals surface area contributed by atoms with Gasteiger partial charge in [-0.05, 0) is 12.1 Å². The fourth-order valence-corrected chi connectivity index (χ4v) is 1.46. The van der Waals surface area contributed by atoms with Crippen LogP contribution < -0.4 is 4.74 Å². The molecule has 0 bridgehead atoms. The molecule has 4 nitrogen and oxygen atoms in total. The molecular formula is C11H6F5NO3. The van der Waals surface area contributed by atoms with Gasteiger partial charge < -0.3 is 9.84 Å². The molecule has 0 aliphatic heterocycles. The first-order chi connectivity index (χ1) is 9.15. The highest BCUT2D eigenvalue weighted by Crippen LogP contribution is 2.36. The molecule has 1 aromatic rings. The van der Waals surface area contributed by atoms with Crippen LogP contribution >= 0.6 is 0 Å². The predicted octanol–water partition coefficient (Wildman–Crippen LogP) is 2.81. The minimum Gasteiger partial charge on any atom is -0.481 e. The quantitative estimate of drug-likeness (QED) is 0.867. The molecule has 0 saturated carbocycles. The van der Waals surface area contributed by atoms with Crippen LogP contribution in [0.2, 0.25) is 0 Å². The summed E-state index contributed by atoms with van der Waals surface area (Å²) in [7, 11) is 0. The Morgan fingerprint density at radius 2 is 2.00 bits per heavy atom. The molecule has 1 N–H and O–H groups in total. The van der Waals surface area contributed by atoms with Crippen molar-refractivity contribution < 1.29 is 36.6 Å². The average molecular weight is 295 g/mol. The molecule has 0 amide bonds. The predicted molar refractivity (Wildman–Crippen MR) is 54.1 cm³/mol. The van der Waals surface area contributed by atoms with Crippen molar-refractivity contribution in [3.05, 3.63) is 28.8 Å². The summed E-state index contributed by atoms with van der Waals surface area (Å²) in [5, 5.41) is 17.2. The molecule has 0 unspecified atom stereocenters. The number of hydrogen-bond acceptors (Lipinski definition) is 3. The highest BCUT2D eigenvalue weighted by atomic mass is 19.4. The highest BCUT2D eigenvalue weighted by molar-refractivity contribution is 5.72. The number of carboxylic acids is 1. The van der Waals surface area contributed by atoms with Crippen LogP contribution in [0.25, 0.3) is 0 Å². The van der Waals surface area contributed by atoms with Gasteiger partial charge in [0.1, 0.15) is 5.75 Å². The Hall–Kier alpha value is -2.37. The van der Waals surface area contributed by atoms with E-state index in [9.17, 15) is 26.7 Å². The molecule has 1 rings (SSSR count). The number of rotatable bonds is 4. The summed E-state index contributed by atoms with van der Waals surface area (Å²) < 4.78 is 66.2. The van der Waals surface area contributed by atoms with Gasteiger partial charge in [0.2, 0.25) is 0 Å². The molecule has 20 heavy (non-hydrogen) atoms. The number of ether oxygens (including phenoxy) is 1. The van der Waals surface area contributed by atoms with Gasteiger partial charge in [-0.15, -0.1) is 0 Å². The lowest BCUT2D eigenvalue weighted by atomic mass is 10.0. The monoisotopic (exact) mass is 295 g/mol. The van der Waals surface area contributed by atoms with Crippen molar-refractivity contribution in [3.8, 4) is 11.8 Å². The van der Waals surface area contributed by atoms with E-state index in [4.69, 9.17) is 10.4 Å². The first kappa shape index (κ1) is 15.7. The molecule has 0 atom stereocenters.